The molecule has 2 rings (SSSR count). The Hall–Kier alpha value is -2.16. The molecule has 28 heavy (non-hydrogen) atoms. The second-order valence-corrected chi connectivity index (χ2v) is 6.19. The molecule has 0 aliphatic carbocycles. The van der Waals surface area contributed by atoms with Crippen LogP contribution in [0.3, 0.4) is 0 Å². The lowest BCUT2D eigenvalue weighted by atomic mass is 10.1. The number of halogens is 1. The summed E-state index contributed by atoms with van der Waals surface area (Å²) in [6, 6.07) is 13.8. The summed E-state index contributed by atoms with van der Waals surface area (Å²) in [4.78, 5) is 4.26. The first-order chi connectivity index (χ1) is 13.1. The highest BCUT2D eigenvalue weighted by Gasteiger charge is 2.09. The van der Waals surface area contributed by atoms with E-state index in [9.17, 15) is 0 Å². The lowest BCUT2D eigenvalue weighted by Crippen LogP contribution is -2.41. The highest BCUT2D eigenvalue weighted by Crippen LogP contribution is 2.26. The topological polar surface area (TPSA) is 64.1 Å². The number of aliphatic imine (C=N–C) groups is 1. The summed E-state index contributed by atoms with van der Waals surface area (Å²) in [5.74, 6) is 3.05. The molecule has 0 aliphatic heterocycles. The number of methoxy groups -OCH3 is 2. The van der Waals surface area contributed by atoms with Crippen molar-refractivity contribution in [2.75, 3.05) is 27.8 Å². The molecule has 154 valence electrons. The molecule has 0 saturated heterocycles. The van der Waals surface area contributed by atoms with E-state index in [0.717, 1.165) is 28.4 Å². The van der Waals surface area contributed by atoms with Gasteiger partial charge in [-0.05, 0) is 43.2 Å². The number of para-hydroxylation sites is 2. The van der Waals surface area contributed by atoms with Crippen molar-refractivity contribution in [2.45, 2.75) is 26.5 Å². The summed E-state index contributed by atoms with van der Waals surface area (Å²) in [7, 11) is 5.07. The average molecular weight is 499 g/mol. The van der Waals surface area contributed by atoms with Gasteiger partial charge in [0.1, 0.15) is 11.9 Å². The number of nitrogens with one attached hydrogen (secondary N) is 2. The molecule has 0 radical (unpaired) electrons. The van der Waals surface area contributed by atoms with Crippen LogP contribution in [0, 0.1) is 6.92 Å². The number of nitrogens with zero attached hydrogens (tertiary/aromatic N) is 1. The number of guanidine groups is 1. The van der Waals surface area contributed by atoms with Crippen LogP contribution in [-0.4, -0.2) is 39.9 Å². The van der Waals surface area contributed by atoms with Crippen molar-refractivity contribution < 1.29 is 14.2 Å². The maximum Gasteiger partial charge on any atom is 0.191 e. The summed E-state index contributed by atoms with van der Waals surface area (Å²) in [6.07, 6.45) is -0.0562. The van der Waals surface area contributed by atoms with Crippen molar-refractivity contribution in [3.8, 4) is 17.2 Å². The van der Waals surface area contributed by atoms with Gasteiger partial charge in [-0.2, -0.15) is 0 Å². The summed E-state index contributed by atoms with van der Waals surface area (Å²) < 4.78 is 16.6. The van der Waals surface area contributed by atoms with E-state index in [1.165, 1.54) is 0 Å². The van der Waals surface area contributed by atoms with Crippen LogP contribution >= 0.6 is 24.0 Å². The van der Waals surface area contributed by atoms with Crippen LogP contribution in [-0.2, 0) is 6.54 Å². The third kappa shape index (κ3) is 7.10. The number of aryl methyl sites for hydroxylation is 1. The Morgan fingerprint density at radius 1 is 1.00 bits per heavy atom. The van der Waals surface area contributed by atoms with Gasteiger partial charge in [-0.3, -0.25) is 4.99 Å². The van der Waals surface area contributed by atoms with Gasteiger partial charge in [0.05, 0.1) is 20.8 Å². The molecule has 0 amide bonds. The maximum atomic E-state index is 5.95. The SMILES string of the molecule is CN=C(NCc1ccc(C)c(OC)c1)NCC(C)Oc1ccccc1OC.I. The van der Waals surface area contributed by atoms with Crippen molar-refractivity contribution in [2.24, 2.45) is 4.99 Å². The van der Waals surface area contributed by atoms with Crippen LogP contribution in [0.4, 0.5) is 0 Å². The van der Waals surface area contributed by atoms with Gasteiger partial charge >= 0.3 is 0 Å². The van der Waals surface area contributed by atoms with E-state index in [-0.39, 0.29) is 30.1 Å². The lowest BCUT2D eigenvalue weighted by molar-refractivity contribution is 0.213. The normalized spacial score (nSPS) is 11.8. The molecule has 0 spiro atoms. The molecule has 1 atom stereocenters. The molecule has 0 aromatic heterocycles. The number of ether oxygens (including phenoxy) is 3. The van der Waals surface area contributed by atoms with Crippen molar-refractivity contribution in [3.63, 3.8) is 0 Å². The molecule has 6 nitrogen and oxygen atoms in total. The van der Waals surface area contributed by atoms with E-state index in [2.05, 4.69) is 27.8 Å². The smallest absolute Gasteiger partial charge is 0.191 e. The number of hydrogen-bond acceptors (Lipinski definition) is 4. The van der Waals surface area contributed by atoms with Crippen LogP contribution in [0.1, 0.15) is 18.1 Å². The van der Waals surface area contributed by atoms with Gasteiger partial charge in [0.25, 0.3) is 0 Å². The Labute approximate surface area is 184 Å². The highest BCUT2D eigenvalue weighted by molar-refractivity contribution is 14.0. The van der Waals surface area contributed by atoms with E-state index in [1.807, 2.05) is 44.2 Å². The van der Waals surface area contributed by atoms with Crippen molar-refractivity contribution in [3.05, 3.63) is 53.6 Å². The Bertz CT molecular complexity index is 768. The molecule has 0 fully saturated rings. The number of rotatable bonds is 8. The van der Waals surface area contributed by atoms with E-state index in [4.69, 9.17) is 14.2 Å². The quantitative estimate of drug-likeness (QED) is 0.329. The molecule has 7 heteroatoms. The molecular formula is C21H30IN3O3. The first-order valence-electron chi connectivity index (χ1n) is 8.95. The summed E-state index contributed by atoms with van der Waals surface area (Å²) in [6.45, 7) is 5.28. The maximum absolute atomic E-state index is 5.95. The molecular weight excluding hydrogens is 469 g/mol. The minimum absolute atomic E-state index is 0. The first kappa shape index (κ1) is 23.9. The van der Waals surface area contributed by atoms with E-state index in [1.54, 1.807) is 21.3 Å². The summed E-state index contributed by atoms with van der Waals surface area (Å²) >= 11 is 0. The van der Waals surface area contributed by atoms with E-state index in [0.29, 0.717) is 19.0 Å². The summed E-state index contributed by atoms with van der Waals surface area (Å²) in [5.41, 5.74) is 2.24. The fourth-order valence-electron chi connectivity index (χ4n) is 2.60. The standard InChI is InChI=1S/C21H29N3O3.HI/c1-15-10-11-17(12-20(15)26-5)14-24-21(22-3)23-13-16(2)27-19-9-7-6-8-18(19)25-4;/h6-12,16H,13-14H2,1-5H3,(H2,22,23,24);1H. The molecule has 2 aromatic carbocycles. The Morgan fingerprint density at radius 2 is 1.68 bits per heavy atom. The fraction of sp³-hybridized carbons (Fsp3) is 0.381. The van der Waals surface area contributed by atoms with Crippen molar-refractivity contribution in [1.29, 1.82) is 0 Å². The molecule has 0 aliphatic rings. The Balaban J connectivity index is 0.00000392. The van der Waals surface area contributed by atoms with Gasteiger partial charge in [0.2, 0.25) is 0 Å². The zero-order valence-electron chi connectivity index (χ0n) is 17.1. The predicted octanol–water partition coefficient (Wildman–Crippen LogP) is 3.76. The van der Waals surface area contributed by atoms with Gasteiger partial charge < -0.3 is 24.8 Å². The second-order valence-electron chi connectivity index (χ2n) is 6.19. The third-order valence-corrected chi connectivity index (χ3v) is 4.11. The van der Waals surface area contributed by atoms with Crippen LogP contribution in [0.2, 0.25) is 0 Å². The zero-order valence-corrected chi connectivity index (χ0v) is 19.4. The van der Waals surface area contributed by atoms with Crippen LogP contribution in [0.5, 0.6) is 17.2 Å². The zero-order chi connectivity index (χ0) is 19.6. The molecule has 2 N–H and O–H groups in total. The number of benzene rings is 2. The lowest BCUT2D eigenvalue weighted by Gasteiger charge is -2.19. The highest BCUT2D eigenvalue weighted by atomic mass is 127. The summed E-state index contributed by atoms with van der Waals surface area (Å²) in [5, 5.41) is 6.58. The molecule has 1 unspecified atom stereocenters. The average Bonchev–Trinajstić information content (AvgIpc) is 2.69. The van der Waals surface area contributed by atoms with Gasteiger partial charge in [-0.15, -0.1) is 24.0 Å². The van der Waals surface area contributed by atoms with Crippen molar-refractivity contribution in [1.82, 2.24) is 10.6 Å². The van der Waals surface area contributed by atoms with Gasteiger partial charge in [0, 0.05) is 13.6 Å². The largest absolute Gasteiger partial charge is 0.496 e. The molecule has 0 bridgehead atoms. The Morgan fingerprint density at radius 3 is 2.32 bits per heavy atom. The Kier molecular flexibility index (Phi) is 10.5. The van der Waals surface area contributed by atoms with E-state index >= 15 is 0 Å². The molecule has 0 heterocycles. The van der Waals surface area contributed by atoms with Crippen LogP contribution in [0.25, 0.3) is 0 Å². The van der Waals surface area contributed by atoms with E-state index < -0.39 is 0 Å². The van der Waals surface area contributed by atoms with Gasteiger partial charge in [-0.1, -0.05) is 24.3 Å². The molecule has 0 saturated carbocycles. The third-order valence-electron chi connectivity index (χ3n) is 4.11. The minimum Gasteiger partial charge on any atom is -0.496 e. The van der Waals surface area contributed by atoms with Crippen molar-refractivity contribution >= 4 is 29.9 Å². The van der Waals surface area contributed by atoms with Gasteiger partial charge in [0.15, 0.2) is 17.5 Å². The first-order valence-corrected chi connectivity index (χ1v) is 8.95. The van der Waals surface area contributed by atoms with Crippen LogP contribution in [0.15, 0.2) is 47.5 Å². The number of hydrogen-bond donors (Lipinski definition) is 2. The fourth-order valence-corrected chi connectivity index (χ4v) is 2.60. The monoisotopic (exact) mass is 499 g/mol. The predicted molar refractivity (Wildman–Crippen MR) is 124 cm³/mol. The van der Waals surface area contributed by atoms with Gasteiger partial charge in [-0.25, -0.2) is 0 Å². The minimum atomic E-state index is -0.0562. The van der Waals surface area contributed by atoms with Crippen LogP contribution < -0.4 is 24.8 Å². The molecule has 2 aromatic rings. The second kappa shape index (κ2) is 12.3.